The van der Waals surface area contributed by atoms with Gasteiger partial charge in [-0.2, -0.15) is 0 Å². The van der Waals surface area contributed by atoms with Gasteiger partial charge in [-0.05, 0) is 20.5 Å². The Kier molecular flexibility index (Phi) is 2.79. The Balaban J connectivity index is 2.04. The first-order valence-corrected chi connectivity index (χ1v) is 5.25. The van der Waals surface area contributed by atoms with Crippen molar-refractivity contribution in [1.82, 2.24) is 4.90 Å². The molecule has 14 heavy (non-hydrogen) atoms. The van der Waals surface area contributed by atoms with Crippen molar-refractivity contribution in [2.75, 3.05) is 27.3 Å². The molecule has 2 fully saturated rings. The summed E-state index contributed by atoms with van der Waals surface area (Å²) < 4.78 is 11.3. The second-order valence-corrected chi connectivity index (χ2v) is 4.45. The van der Waals surface area contributed by atoms with Crippen molar-refractivity contribution in [1.29, 1.82) is 0 Å². The quantitative estimate of drug-likeness (QED) is 0.658. The lowest BCUT2D eigenvalue weighted by Crippen LogP contribution is -2.51. The Morgan fingerprint density at radius 2 is 1.93 bits per heavy atom. The van der Waals surface area contributed by atoms with Gasteiger partial charge in [0.1, 0.15) is 0 Å². The molecule has 1 heterocycles. The van der Waals surface area contributed by atoms with Crippen LogP contribution in [0.25, 0.3) is 0 Å². The molecule has 2 rings (SSSR count). The van der Waals surface area contributed by atoms with Crippen LogP contribution in [-0.4, -0.2) is 55.2 Å². The van der Waals surface area contributed by atoms with E-state index >= 15 is 0 Å². The van der Waals surface area contributed by atoms with Crippen molar-refractivity contribution < 1.29 is 14.6 Å². The van der Waals surface area contributed by atoms with E-state index in [0.29, 0.717) is 13.2 Å². The number of hydrogen-bond donors (Lipinski definition) is 1. The maximum atomic E-state index is 9.83. The third kappa shape index (κ3) is 1.80. The minimum atomic E-state index is -0.395. The molecule has 1 aliphatic carbocycles. The average molecular weight is 201 g/mol. The summed E-state index contributed by atoms with van der Waals surface area (Å²) in [5, 5.41) is 9.83. The standard InChI is InChI=1S/C10H19NO3/c1-11(2)8-7-10(4-3-9(8)12)13-5-6-14-10/h8-9,12H,3-7H2,1-2H3. The summed E-state index contributed by atoms with van der Waals surface area (Å²) in [4.78, 5) is 2.05. The van der Waals surface area contributed by atoms with Crippen LogP contribution in [0.2, 0.25) is 0 Å². The summed E-state index contributed by atoms with van der Waals surface area (Å²) in [6, 6.07) is 0.154. The molecule has 1 saturated carbocycles. The summed E-state index contributed by atoms with van der Waals surface area (Å²) in [7, 11) is 3.98. The number of ether oxygens (including phenoxy) is 2. The fourth-order valence-corrected chi connectivity index (χ4v) is 2.40. The molecule has 2 unspecified atom stereocenters. The summed E-state index contributed by atoms with van der Waals surface area (Å²) in [5.74, 6) is -0.395. The second-order valence-electron chi connectivity index (χ2n) is 4.45. The van der Waals surface area contributed by atoms with Crippen molar-refractivity contribution in [2.24, 2.45) is 0 Å². The molecule has 1 saturated heterocycles. The molecular weight excluding hydrogens is 182 g/mol. The van der Waals surface area contributed by atoms with Crippen LogP contribution in [0.1, 0.15) is 19.3 Å². The van der Waals surface area contributed by atoms with Gasteiger partial charge in [0.15, 0.2) is 5.79 Å². The Morgan fingerprint density at radius 1 is 1.29 bits per heavy atom. The van der Waals surface area contributed by atoms with Crippen LogP contribution in [0.3, 0.4) is 0 Å². The normalized spacial score (nSPS) is 36.9. The van der Waals surface area contributed by atoms with E-state index in [1.54, 1.807) is 0 Å². The fourth-order valence-electron chi connectivity index (χ4n) is 2.40. The van der Waals surface area contributed by atoms with Gasteiger partial charge in [0.2, 0.25) is 0 Å². The van der Waals surface area contributed by atoms with E-state index in [4.69, 9.17) is 9.47 Å². The lowest BCUT2D eigenvalue weighted by molar-refractivity contribution is -0.202. The first-order chi connectivity index (χ1) is 6.63. The first kappa shape index (κ1) is 10.4. The van der Waals surface area contributed by atoms with Gasteiger partial charge in [0, 0.05) is 18.9 Å². The topological polar surface area (TPSA) is 41.9 Å². The van der Waals surface area contributed by atoms with Crippen molar-refractivity contribution >= 4 is 0 Å². The highest BCUT2D eigenvalue weighted by atomic mass is 16.7. The minimum absolute atomic E-state index is 0.154. The fraction of sp³-hybridized carbons (Fsp3) is 1.00. The number of nitrogens with zero attached hydrogens (tertiary/aromatic N) is 1. The molecule has 4 heteroatoms. The molecular formula is C10H19NO3. The van der Waals surface area contributed by atoms with Gasteiger partial charge in [-0.1, -0.05) is 0 Å². The molecule has 2 atom stereocenters. The van der Waals surface area contributed by atoms with E-state index in [2.05, 4.69) is 4.90 Å². The number of likely N-dealkylation sites (N-methyl/N-ethyl adjacent to an activating group) is 1. The minimum Gasteiger partial charge on any atom is -0.391 e. The SMILES string of the molecule is CN(C)C1CC2(CCC1O)OCCO2. The highest BCUT2D eigenvalue weighted by Gasteiger charge is 2.45. The van der Waals surface area contributed by atoms with Crippen LogP contribution >= 0.6 is 0 Å². The predicted molar refractivity (Wildman–Crippen MR) is 52.0 cm³/mol. The van der Waals surface area contributed by atoms with E-state index in [1.807, 2.05) is 14.1 Å². The van der Waals surface area contributed by atoms with Gasteiger partial charge in [-0.25, -0.2) is 0 Å². The molecule has 1 N–H and O–H groups in total. The third-order valence-corrected chi connectivity index (χ3v) is 3.26. The van der Waals surface area contributed by atoms with Crippen molar-refractivity contribution in [3.05, 3.63) is 0 Å². The van der Waals surface area contributed by atoms with Gasteiger partial charge in [-0.3, -0.25) is 0 Å². The van der Waals surface area contributed by atoms with Crippen LogP contribution < -0.4 is 0 Å². The van der Waals surface area contributed by atoms with E-state index < -0.39 is 5.79 Å². The zero-order valence-electron chi connectivity index (χ0n) is 8.90. The van der Waals surface area contributed by atoms with Crippen molar-refractivity contribution in [3.63, 3.8) is 0 Å². The molecule has 4 nitrogen and oxygen atoms in total. The maximum Gasteiger partial charge on any atom is 0.170 e. The summed E-state index contributed by atoms with van der Waals surface area (Å²) >= 11 is 0. The Labute approximate surface area is 84.8 Å². The zero-order valence-corrected chi connectivity index (χ0v) is 8.90. The van der Waals surface area contributed by atoms with Crippen LogP contribution in [0.5, 0.6) is 0 Å². The van der Waals surface area contributed by atoms with Gasteiger partial charge in [0.05, 0.1) is 19.3 Å². The first-order valence-electron chi connectivity index (χ1n) is 5.25. The van der Waals surface area contributed by atoms with Gasteiger partial charge < -0.3 is 19.5 Å². The van der Waals surface area contributed by atoms with Crippen LogP contribution in [0.15, 0.2) is 0 Å². The molecule has 1 aliphatic heterocycles. The highest BCUT2D eigenvalue weighted by Crippen LogP contribution is 2.37. The van der Waals surface area contributed by atoms with E-state index in [1.165, 1.54) is 0 Å². The average Bonchev–Trinajstić information content (AvgIpc) is 2.58. The Morgan fingerprint density at radius 3 is 2.50 bits per heavy atom. The number of aliphatic hydroxyl groups excluding tert-OH is 1. The Bertz CT molecular complexity index is 202. The molecule has 0 aromatic heterocycles. The molecule has 0 amide bonds. The summed E-state index contributed by atoms with van der Waals surface area (Å²) in [6.07, 6.45) is 2.12. The molecule has 0 radical (unpaired) electrons. The van der Waals surface area contributed by atoms with Crippen LogP contribution in [0, 0.1) is 0 Å². The van der Waals surface area contributed by atoms with E-state index in [0.717, 1.165) is 19.3 Å². The molecule has 0 bridgehead atoms. The molecule has 2 aliphatic rings. The lowest BCUT2D eigenvalue weighted by atomic mass is 9.87. The molecule has 0 aromatic carbocycles. The monoisotopic (exact) mass is 201 g/mol. The number of hydrogen-bond acceptors (Lipinski definition) is 4. The van der Waals surface area contributed by atoms with E-state index in [9.17, 15) is 5.11 Å². The number of rotatable bonds is 1. The van der Waals surface area contributed by atoms with E-state index in [-0.39, 0.29) is 12.1 Å². The third-order valence-electron chi connectivity index (χ3n) is 3.26. The number of aliphatic hydroxyl groups is 1. The molecule has 82 valence electrons. The summed E-state index contributed by atoms with van der Waals surface area (Å²) in [6.45, 7) is 1.38. The Hall–Kier alpha value is -0.160. The summed E-state index contributed by atoms with van der Waals surface area (Å²) in [5.41, 5.74) is 0. The van der Waals surface area contributed by atoms with Crippen LogP contribution in [0.4, 0.5) is 0 Å². The predicted octanol–water partition coefficient (Wildman–Crippen LogP) is 0.204. The van der Waals surface area contributed by atoms with Gasteiger partial charge >= 0.3 is 0 Å². The second kappa shape index (κ2) is 3.77. The zero-order chi connectivity index (χ0) is 10.2. The van der Waals surface area contributed by atoms with Gasteiger partial charge in [0.25, 0.3) is 0 Å². The van der Waals surface area contributed by atoms with Gasteiger partial charge in [-0.15, -0.1) is 0 Å². The van der Waals surface area contributed by atoms with Crippen molar-refractivity contribution in [3.8, 4) is 0 Å². The lowest BCUT2D eigenvalue weighted by Gasteiger charge is -2.41. The largest absolute Gasteiger partial charge is 0.391 e. The maximum absolute atomic E-state index is 9.83. The highest BCUT2D eigenvalue weighted by molar-refractivity contribution is 4.91. The molecule has 0 aromatic rings. The smallest absolute Gasteiger partial charge is 0.170 e. The molecule has 1 spiro atoms. The van der Waals surface area contributed by atoms with Crippen LogP contribution in [-0.2, 0) is 9.47 Å². The van der Waals surface area contributed by atoms with Crippen molar-refractivity contribution in [2.45, 2.75) is 37.2 Å².